The third-order valence-corrected chi connectivity index (χ3v) is 14.7. The van der Waals surface area contributed by atoms with Gasteiger partial charge in [0.2, 0.25) is 0 Å². The Morgan fingerprint density at radius 1 is 0.259 bits per heavy atom. The number of carbonyl (C=O) groups excluding carboxylic acids is 3. The Morgan fingerprint density at radius 2 is 0.481 bits per heavy atom. The summed E-state index contributed by atoms with van der Waals surface area (Å²) in [4.78, 5) is 38.4. The molecule has 1 unspecified atom stereocenters. The molecule has 0 aromatic rings. The molecule has 0 aliphatic heterocycles. The van der Waals surface area contributed by atoms with Crippen LogP contribution in [0.3, 0.4) is 0 Å². The molecular formula is C75H128O6. The number of unbranched alkanes of at least 4 members (excludes halogenated alkanes) is 33. The molecule has 6 nitrogen and oxygen atoms in total. The average Bonchev–Trinajstić information content (AvgIpc) is 3.47. The molecule has 0 radical (unpaired) electrons. The van der Waals surface area contributed by atoms with Gasteiger partial charge in [0.1, 0.15) is 13.2 Å². The quantitative estimate of drug-likeness (QED) is 0.0261. The van der Waals surface area contributed by atoms with Gasteiger partial charge in [0.05, 0.1) is 0 Å². The molecule has 0 N–H and O–H groups in total. The second-order valence-corrected chi connectivity index (χ2v) is 22.7. The fraction of sp³-hybridized carbons (Fsp3) is 0.720. The minimum Gasteiger partial charge on any atom is -0.462 e. The fourth-order valence-corrected chi connectivity index (χ4v) is 9.66. The molecule has 0 amide bonds. The summed E-state index contributed by atoms with van der Waals surface area (Å²) in [5.41, 5.74) is 0. The summed E-state index contributed by atoms with van der Waals surface area (Å²) in [7, 11) is 0. The summed E-state index contributed by atoms with van der Waals surface area (Å²) in [5.74, 6) is -0.929. The minimum atomic E-state index is -0.801. The predicted molar refractivity (Wildman–Crippen MR) is 353 cm³/mol. The number of esters is 3. The van der Waals surface area contributed by atoms with Crippen LogP contribution in [0.5, 0.6) is 0 Å². The highest BCUT2D eigenvalue weighted by Crippen LogP contribution is 2.17. The minimum absolute atomic E-state index is 0.0924. The van der Waals surface area contributed by atoms with Crippen LogP contribution in [-0.4, -0.2) is 37.2 Å². The predicted octanol–water partition coefficient (Wildman–Crippen LogP) is 23.8. The molecule has 0 fully saturated rings. The molecule has 0 heterocycles. The lowest BCUT2D eigenvalue weighted by Gasteiger charge is -2.18. The summed E-state index contributed by atoms with van der Waals surface area (Å²) in [5, 5.41) is 0. The highest BCUT2D eigenvalue weighted by Gasteiger charge is 2.19. The van der Waals surface area contributed by atoms with Crippen LogP contribution in [0.15, 0.2) is 109 Å². The first-order valence-corrected chi connectivity index (χ1v) is 34.4. The second kappa shape index (κ2) is 68.6. The lowest BCUT2D eigenvalue weighted by Crippen LogP contribution is -2.30. The van der Waals surface area contributed by atoms with Crippen LogP contribution < -0.4 is 0 Å². The first kappa shape index (κ1) is 77.1. The van der Waals surface area contributed by atoms with E-state index in [4.69, 9.17) is 14.2 Å². The number of rotatable bonds is 62. The van der Waals surface area contributed by atoms with Crippen LogP contribution in [0.25, 0.3) is 0 Å². The van der Waals surface area contributed by atoms with Crippen molar-refractivity contribution in [2.45, 2.75) is 335 Å². The Kier molecular flexibility index (Phi) is 65.2. The molecule has 0 aromatic heterocycles. The lowest BCUT2D eigenvalue weighted by atomic mass is 10.0. The van der Waals surface area contributed by atoms with E-state index in [0.29, 0.717) is 19.3 Å². The van der Waals surface area contributed by atoms with E-state index in [1.807, 2.05) is 0 Å². The van der Waals surface area contributed by atoms with Gasteiger partial charge in [0.15, 0.2) is 6.10 Å². The van der Waals surface area contributed by atoms with Gasteiger partial charge in [-0.25, -0.2) is 0 Å². The van der Waals surface area contributed by atoms with Crippen LogP contribution in [0, 0.1) is 0 Å². The molecule has 0 aliphatic carbocycles. The molecule has 6 heteroatoms. The summed E-state index contributed by atoms with van der Waals surface area (Å²) >= 11 is 0. The Hall–Kier alpha value is -3.93. The summed E-state index contributed by atoms with van der Waals surface area (Å²) < 4.78 is 16.9. The molecule has 0 saturated heterocycles. The molecule has 81 heavy (non-hydrogen) atoms. The van der Waals surface area contributed by atoms with Crippen molar-refractivity contribution in [1.82, 2.24) is 0 Å². The van der Waals surface area contributed by atoms with E-state index in [9.17, 15) is 14.4 Å². The molecule has 0 aromatic carbocycles. The summed E-state index contributed by atoms with van der Waals surface area (Å²) in [6, 6.07) is 0. The van der Waals surface area contributed by atoms with Crippen LogP contribution >= 0.6 is 0 Å². The summed E-state index contributed by atoms with van der Waals surface area (Å²) in [6.45, 7) is 6.41. The van der Waals surface area contributed by atoms with Gasteiger partial charge in [0.25, 0.3) is 0 Å². The van der Waals surface area contributed by atoms with Gasteiger partial charge in [-0.2, -0.15) is 0 Å². The number of hydrogen-bond acceptors (Lipinski definition) is 6. The Morgan fingerprint density at radius 3 is 0.790 bits per heavy atom. The molecule has 0 rings (SSSR count). The number of ether oxygens (including phenoxy) is 3. The molecule has 0 spiro atoms. The average molecular weight is 1130 g/mol. The van der Waals surface area contributed by atoms with Crippen LogP contribution in [0.4, 0.5) is 0 Å². The topological polar surface area (TPSA) is 78.9 Å². The highest BCUT2D eigenvalue weighted by molar-refractivity contribution is 5.71. The SMILES string of the molecule is CC/C=C\C/C=C\C/C=C\C/C=C\CCCCCCCCCCCCC(=O)OC(COC(=O)CCCC/C=C\C/C=C\C/C=C\C/C=C\CC)COC(=O)CCCCCCCCCCCCCCC/C=C\CCCCCCCCCC. The standard InChI is InChI=1S/C75H128O6/c1-4-7-10-13-16-19-22-25-28-30-32-34-36-37-39-40-42-44-47-50-53-56-59-62-65-68-74(77)80-71-72(70-79-73(76)67-64-61-58-55-52-49-46-27-24-21-18-15-12-9-6-3)81-75(78)69-66-63-60-57-54-51-48-45-43-41-38-35-33-31-29-26-23-20-17-14-11-8-5-2/h8-9,11-12,17-18,20-21,26-27,29-30,32-33,35,46,52,55,72H,4-7,10,13-16,19,22-25,28,31,34,36-45,47-51,53-54,56-71H2,1-3H3/b11-8-,12-9-,20-17-,21-18-,29-26-,32-30-,35-33-,46-27-,55-52-. The fourth-order valence-electron chi connectivity index (χ4n) is 9.66. The van der Waals surface area contributed by atoms with Crippen LogP contribution in [-0.2, 0) is 28.6 Å². The van der Waals surface area contributed by atoms with Crippen molar-refractivity contribution >= 4 is 17.9 Å². The maximum Gasteiger partial charge on any atom is 0.306 e. The first-order valence-electron chi connectivity index (χ1n) is 34.4. The van der Waals surface area contributed by atoms with Crippen LogP contribution in [0.1, 0.15) is 329 Å². The second-order valence-electron chi connectivity index (χ2n) is 22.7. The molecule has 0 saturated carbocycles. The zero-order valence-corrected chi connectivity index (χ0v) is 53.3. The van der Waals surface area contributed by atoms with Crippen molar-refractivity contribution in [2.75, 3.05) is 13.2 Å². The molecule has 0 aliphatic rings. The molecule has 1 atom stereocenters. The lowest BCUT2D eigenvalue weighted by molar-refractivity contribution is -0.167. The Balaban J connectivity index is 4.36. The highest BCUT2D eigenvalue weighted by atomic mass is 16.6. The maximum absolute atomic E-state index is 13.0. The zero-order valence-electron chi connectivity index (χ0n) is 53.3. The van der Waals surface area contributed by atoms with Crippen molar-refractivity contribution in [1.29, 1.82) is 0 Å². The van der Waals surface area contributed by atoms with Gasteiger partial charge in [-0.05, 0) is 122 Å². The van der Waals surface area contributed by atoms with E-state index in [2.05, 4.69) is 130 Å². The van der Waals surface area contributed by atoms with E-state index in [0.717, 1.165) is 109 Å². The van der Waals surface area contributed by atoms with Crippen molar-refractivity contribution in [3.05, 3.63) is 109 Å². The van der Waals surface area contributed by atoms with Gasteiger partial charge in [0, 0.05) is 19.3 Å². The Bertz CT molecular complexity index is 1620. The number of hydrogen-bond donors (Lipinski definition) is 0. The molecule has 0 bridgehead atoms. The third-order valence-electron chi connectivity index (χ3n) is 14.7. The monoisotopic (exact) mass is 1120 g/mol. The Labute approximate surface area is 501 Å². The van der Waals surface area contributed by atoms with E-state index in [1.165, 1.54) is 180 Å². The van der Waals surface area contributed by atoms with Crippen molar-refractivity contribution in [3.63, 3.8) is 0 Å². The number of allylic oxidation sites excluding steroid dienone is 18. The first-order chi connectivity index (χ1) is 40.0. The van der Waals surface area contributed by atoms with Crippen molar-refractivity contribution in [2.24, 2.45) is 0 Å². The van der Waals surface area contributed by atoms with Gasteiger partial charge in [-0.1, -0.05) is 297 Å². The van der Waals surface area contributed by atoms with Gasteiger partial charge < -0.3 is 14.2 Å². The summed E-state index contributed by atoms with van der Waals surface area (Å²) in [6.07, 6.45) is 94.0. The maximum atomic E-state index is 13.0. The zero-order chi connectivity index (χ0) is 58.5. The van der Waals surface area contributed by atoms with Crippen LogP contribution in [0.2, 0.25) is 0 Å². The van der Waals surface area contributed by atoms with E-state index in [-0.39, 0.29) is 31.1 Å². The van der Waals surface area contributed by atoms with Crippen molar-refractivity contribution < 1.29 is 28.6 Å². The number of carbonyl (C=O) groups is 3. The largest absolute Gasteiger partial charge is 0.462 e. The molecule has 464 valence electrons. The third kappa shape index (κ3) is 66.8. The van der Waals surface area contributed by atoms with E-state index in [1.54, 1.807) is 0 Å². The van der Waals surface area contributed by atoms with Gasteiger partial charge in [-0.3, -0.25) is 14.4 Å². The molecular weight excluding hydrogens is 997 g/mol. The van der Waals surface area contributed by atoms with E-state index < -0.39 is 6.10 Å². The van der Waals surface area contributed by atoms with Gasteiger partial charge in [-0.15, -0.1) is 0 Å². The van der Waals surface area contributed by atoms with Crippen molar-refractivity contribution in [3.8, 4) is 0 Å². The normalized spacial score (nSPS) is 12.8. The van der Waals surface area contributed by atoms with Gasteiger partial charge >= 0.3 is 17.9 Å². The van der Waals surface area contributed by atoms with E-state index >= 15 is 0 Å². The smallest absolute Gasteiger partial charge is 0.306 e.